The summed E-state index contributed by atoms with van der Waals surface area (Å²) in [6.45, 7) is 3.43. The van der Waals surface area contributed by atoms with Crippen molar-refractivity contribution in [1.29, 1.82) is 0 Å². The molecule has 1 saturated heterocycles. The zero-order valence-corrected chi connectivity index (χ0v) is 16.0. The van der Waals surface area contributed by atoms with Gasteiger partial charge in [0, 0.05) is 24.7 Å². The van der Waals surface area contributed by atoms with E-state index in [1.165, 1.54) is 24.8 Å². The maximum absolute atomic E-state index is 12.6. The second kappa shape index (κ2) is 8.11. The predicted molar refractivity (Wildman–Crippen MR) is 104 cm³/mol. The number of aryl methyl sites for hydroxylation is 1. The molecule has 2 heterocycles. The molecule has 1 aromatic carbocycles. The minimum absolute atomic E-state index is 0.0597. The lowest BCUT2D eigenvalue weighted by Gasteiger charge is -2.31. The van der Waals surface area contributed by atoms with Gasteiger partial charge in [-0.05, 0) is 44.7 Å². The van der Waals surface area contributed by atoms with E-state index in [-0.39, 0.29) is 11.9 Å². The molecular weight excluding hydrogens is 340 g/mol. The van der Waals surface area contributed by atoms with Gasteiger partial charge >= 0.3 is 6.03 Å². The number of hydrogen-bond donors (Lipinski definition) is 1. The Morgan fingerprint density at radius 2 is 1.67 bits per heavy atom. The highest BCUT2D eigenvalue weighted by molar-refractivity contribution is 5.89. The van der Waals surface area contributed by atoms with Crippen molar-refractivity contribution in [3.8, 4) is 0 Å². The summed E-state index contributed by atoms with van der Waals surface area (Å²) in [5, 5.41) is 11.6. The van der Waals surface area contributed by atoms with Crippen LogP contribution >= 0.6 is 0 Å². The normalized spacial score (nSPS) is 21.2. The van der Waals surface area contributed by atoms with Gasteiger partial charge in [-0.2, -0.15) is 0 Å². The summed E-state index contributed by atoms with van der Waals surface area (Å²) >= 11 is 0. The standard InChI is InChI=1S/C21H28N4O2/c1-15-9-11-18(12-10-15)22-21(26)25-13-5-8-17(14-25)20-24-23-19(27-20)16-6-3-2-4-7-16/h9-12,16-17H,2-8,13-14H2,1H3,(H,22,26). The Labute approximate surface area is 160 Å². The van der Waals surface area contributed by atoms with Crippen molar-refractivity contribution in [3.63, 3.8) is 0 Å². The Balaban J connectivity index is 1.38. The molecule has 2 aromatic rings. The first-order chi connectivity index (χ1) is 13.2. The minimum atomic E-state index is -0.0597. The molecule has 2 fully saturated rings. The largest absolute Gasteiger partial charge is 0.425 e. The lowest BCUT2D eigenvalue weighted by Crippen LogP contribution is -2.41. The summed E-state index contributed by atoms with van der Waals surface area (Å²) in [6, 6.07) is 7.81. The molecule has 6 heteroatoms. The van der Waals surface area contributed by atoms with Crippen LogP contribution < -0.4 is 5.32 Å². The van der Waals surface area contributed by atoms with Crippen LogP contribution in [0.1, 0.15) is 74.1 Å². The fraction of sp³-hybridized carbons (Fsp3) is 0.571. The average molecular weight is 368 g/mol. The second-order valence-electron chi connectivity index (χ2n) is 7.89. The van der Waals surface area contributed by atoms with Gasteiger partial charge in [-0.1, -0.05) is 37.0 Å². The molecule has 2 amide bonds. The smallest absolute Gasteiger partial charge is 0.321 e. The second-order valence-corrected chi connectivity index (χ2v) is 7.89. The van der Waals surface area contributed by atoms with Crippen LogP contribution in [0.4, 0.5) is 10.5 Å². The van der Waals surface area contributed by atoms with Gasteiger partial charge in [0.15, 0.2) is 0 Å². The number of likely N-dealkylation sites (tertiary alicyclic amines) is 1. The monoisotopic (exact) mass is 368 g/mol. The molecule has 1 aromatic heterocycles. The molecular formula is C21H28N4O2. The number of piperidine rings is 1. The van der Waals surface area contributed by atoms with E-state index < -0.39 is 0 Å². The van der Waals surface area contributed by atoms with Crippen LogP contribution in [0.2, 0.25) is 0 Å². The van der Waals surface area contributed by atoms with Crippen LogP contribution in [0.5, 0.6) is 0 Å². The lowest BCUT2D eigenvalue weighted by molar-refractivity contribution is 0.186. The van der Waals surface area contributed by atoms with Gasteiger partial charge in [0.05, 0.1) is 5.92 Å². The molecule has 1 unspecified atom stereocenters. The number of urea groups is 1. The van der Waals surface area contributed by atoms with Crippen molar-refractivity contribution < 1.29 is 9.21 Å². The maximum atomic E-state index is 12.6. The number of nitrogens with zero attached hydrogens (tertiary/aromatic N) is 3. The van der Waals surface area contributed by atoms with E-state index in [2.05, 4.69) is 15.5 Å². The van der Waals surface area contributed by atoms with Crippen LogP contribution in [-0.2, 0) is 0 Å². The maximum Gasteiger partial charge on any atom is 0.321 e. The number of carbonyl (C=O) groups excluding carboxylic acids is 1. The molecule has 0 spiro atoms. The quantitative estimate of drug-likeness (QED) is 0.842. The van der Waals surface area contributed by atoms with Crippen molar-refractivity contribution in [3.05, 3.63) is 41.6 Å². The first-order valence-electron chi connectivity index (χ1n) is 10.1. The minimum Gasteiger partial charge on any atom is -0.425 e. The highest BCUT2D eigenvalue weighted by Crippen LogP contribution is 2.34. The summed E-state index contributed by atoms with van der Waals surface area (Å²) < 4.78 is 6.04. The Kier molecular flexibility index (Phi) is 5.41. The third-order valence-electron chi connectivity index (χ3n) is 5.77. The van der Waals surface area contributed by atoms with E-state index in [1.807, 2.05) is 36.1 Å². The van der Waals surface area contributed by atoms with E-state index in [0.717, 1.165) is 43.8 Å². The highest BCUT2D eigenvalue weighted by atomic mass is 16.4. The van der Waals surface area contributed by atoms with E-state index in [1.54, 1.807) is 0 Å². The fourth-order valence-corrected chi connectivity index (χ4v) is 4.13. The van der Waals surface area contributed by atoms with Crippen molar-refractivity contribution in [2.24, 2.45) is 0 Å². The number of anilines is 1. The Bertz CT molecular complexity index is 765. The zero-order chi connectivity index (χ0) is 18.6. The average Bonchev–Trinajstić information content (AvgIpc) is 3.21. The molecule has 1 atom stereocenters. The predicted octanol–water partition coefficient (Wildman–Crippen LogP) is 4.84. The molecule has 6 nitrogen and oxygen atoms in total. The van der Waals surface area contributed by atoms with Crippen molar-refractivity contribution in [2.75, 3.05) is 18.4 Å². The SMILES string of the molecule is Cc1ccc(NC(=O)N2CCCC(c3nnc(C4CCCCC4)o3)C2)cc1. The van der Waals surface area contributed by atoms with Crippen LogP contribution in [0.25, 0.3) is 0 Å². The zero-order valence-electron chi connectivity index (χ0n) is 16.0. The molecule has 1 saturated carbocycles. The number of aromatic nitrogens is 2. The van der Waals surface area contributed by atoms with Gasteiger partial charge in [-0.15, -0.1) is 10.2 Å². The van der Waals surface area contributed by atoms with Gasteiger partial charge in [0.1, 0.15) is 0 Å². The number of carbonyl (C=O) groups is 1. The van der Waals surface area contributed by atoms with Crippen LogP contribution in [-0.4, -0.2) is 34.2 Å². The molecule has 0 radical (unpaired) electrons. The number of benzene rings is 1. The summed E-state index contributed by atoms with van der Waals surface area (Å²) in [7, 11) is 0. The molecule has 1 N–H and O–H groups in total. The highest BCUT2D eigenvalue weighted by Gasteiger charge is 2.30. The third kappa shape index (κ3) is 4.31. The van der Waals surface area contributed by atoms with Crippen molar-refractivity contribution in [1.82, 2.24) is 15.1 Å². The fourth-order valence-electron chi connectivity index (χ4n) is 4.13. The lowest BCUT2D eigenvalue weighted by atomic mass is 9.89. The van der Waals surface area contributed by atoms with Gasteiger partial charge < -0.3 is 14.6 Å². The van der Waals surface area contributed by atoms with Crippen LogP contribution in [0.3, 0.4) is 0 Å². The number of rotatable bonds is 3. The molecule has 1 aliphatic heterocycles. The molecule has 2 aliphatic rings. The number of amides is 2. The van der Waals surface area contributed by atoms with Gasteiger partial charge in [-0.3, -0.25) is 0 Å². The van der Waals surface area contributed by atoms with Crippen LogP contribution in [0.15, 0.2) is 28.7 Å². The van der Waals surface area contributed by atoms with Crippen molar-refractivity contribution in [2.45, 2.75) is 63.7 Å². The number of nitrogens with one attached hydrogen (secondary N) is 1. The van der Waals surface area contributed by atoms with E-state index in [9.17, 15) is 4.79 Å². The molecule has 0 bridgehead atoms. The first kappa shape index (κ1) is 18.0. The summed E-state index contributed by atoms with van der Waals surface area (Å²) in [5.74, 6) is 2.05. The van der Waals surface area contributed by atoms with Crippen LogP contribution in [0, 0.1) is 6.92 Å². The van der Waals surface area contributed by atoms with Gasteiger partial charge in [0.2, 0.25) is 11.8 Å². The van der Waals surface area contributed by atoms with Gasteiger partial charge in [-0.25, -0.2) is 4.79 Å². The first-order valence-corrected chi connectivity index (χ1v) is 10.1. The number of hydrogen-bond acceptors (Lipinski definition) is 4. The molecule has 144 valence electrons. The topological polar surface area (TPSA) is 71.3 Å². The van der Waals surface area contributed by atoms with E-state index in [0.29, 0.717) is 18.4 Å². The summed E-state index contributed by atoms with van der Waals surface area (Å²) in [6.07, 6.45) is 8.05. The van der Waals surface area contributed by atoms with Gasteiger partial charge in [0.25, 0.3) is 0 Å². The summed E-state index contributed by atoms with van der Waals surface area (Å²) in [5.41, 5.74) is 2.00. The molecule has 4 rings (SSSR count). The molecule has 1 aliphatic carbocycles. The molecule has 27 heavy (non-hydrogen) atoms. The summed E-state index contributed by atoms with van der Waals surface area (Å²) in [4.78, 5) is 14.5. The van der Waals surface area contributed by atoms with E-state index in [4.69, 9.17) is 4.42 Å². The Hall–Kier alpha value is -2.37. The van der Waals surface area contributed by atoms with Crippen molar-refractivity contribution >= 4 is 11.7 Å². The Morgan fingerprint density at radius 3 is 2.41 bits per heavy atom. The Morgan fingerprint density at radius 1 is 1.00 bits per heavy atom. The third-order valence-corrected chi connectivity index (χ3v) is 5.77. The van der Waals surface area contributed by atoms with E-state index >= 15 is 0 Å².